The molecular formula is C16H20N6O4S. The Balaban J connectivity index is 2.37. The lowest BCUT2D eigenvalue weighted by molar-refractivity contribution is 0.244. The van der Waals surface area contributed by atoms with Gasteiger partial charge in [-0.1, -0.05) is 0 Å². The van der Waals surface area contributed by atoms with E-state index in [0.29, 0.717) is 22.8 Å². The molecule has 0 saturated heterocycles. The Bertz CT molecular complexity index is 968. The van der Waals surface area contributed by atoms with Crippen molar-refractivity contribution in [2.24, 2.45) is 5.73 Å². The number of benzene rings is 1. The van der Waals surface area contributed by atoms with Gasteiger partial charge in [0.15, 0.2) is 10.7 Å². The minimum atomic E-state index is -0.609. The molecule has 2 amide bonds. The molecule has 6 N–H and O–H groups in total. The third-order valence-electron chi connectivity index (χ3n) is 3.59. The normalized spacial score (nSPS) is 10.1. The number of ether oxygens (including phenoxy) is 2. The van der Waals surface area contributed by atoms with Crippen molar-refractivity contribution in [1.82, 2.24) is 20.2 Å². The van der Waals surface area contributed by atoms with E-state index < -0.39 is 12.0 Å². The minimum absolute atomic E-state index is 0.185. The Hall–Kier alpha value is -3.34. The fraction of sp³-hybridized carbons (Fsp3) is 0.250. The van der Waals surface area contributed by atoms with Gasteiger partial charge in [0, 0.05) is 30.8 Å². The molecule has 0 spiro atoms. The van der Waals surface area contributed by atoms with Crippen LogP contribution in [-0.2, 0) is 6.54 Å². The number of nitrogens with one attached hydrogen (secondary N) is 4. The van der Waals surface area contributed by atoms with Crippen molar-refractivity contribution in [1.29, 1.82) is 5.41 Å². The number of rotatable bonds is 6. The zero-order valence-electron chi connectivity index (χ0n) is 14.8. The fourth-order valence-electron chi connectivity index (χ4n) is 2.42. The van der Waals surface area contributed by atoms with E-state index in [1.165, 1.54) is 13.2 Å². The van der Waals surface area contributed by atoms with Crippen LogP contribution >= 0.6 is 12.2 Å². The third kappa shape index (κ3) is 5.07. The number of carbonyl (C=O) groups excluding carboxylic acids is 1. The van der Waals surface area contributed by atoms with Crippen LogP contribution in [0.3, 0.4) is 0 Å². The average Bonchev–Trinajstić information content (AvgIpc) is 2.61. The Morgan fingerprint density at radius 2 is 2.07 bits per heavy atom. The zero-order valence-corrected chi connectivity index (χ0v) is 15.6. The molecule has 144 valence electrons. The van der Waals surface area contributed by atoms with Gasteiger partial charge >= 0.3 is 6.03 Å². The van der Waals surface area contributed by atoms with E-state index in [-0.39, 0.29) is 23.4 Å². The summed E-state index contributed by atoms with van der Waals surface area (Å²) < 4.78 is 12.5. The van der Waals surface area contributed by atoms with Gasteiger partial charge in [-0.3, -0.25) is 20.5 Å². The maximum absolute atomic E-state index is 11.9. The van der Waals surface area contributed by atoms with E-state index >= 15 is 0 Å². The van der Waals surface area contributed by atoms with Crippen LogP contribution in [0, 0.1) is 10.2 Å². The van der Waals surface area contributed by atoms with Gasteiger partial charge in [0.05, 0.1) is 19.9 Å². The summed E-state index contributed by atoms with van der Waals surface area (Å²) in [6.45, 7) is 0.455. The number of urea groups is 1. The minimum Gasteiger partial charge on any atom is -0.497 e. The van der Waals surface area contributed by atoms with Crippen molar-refractivity contribution in [2.45, 2.75) is 6.54 Å². The van der Waals surface area contributed by atoms with Crippen LogP contribution in [0.5, 0.6) is 11.5 Å². The van der Waals surface area contributed by atoms with E-state index in [4.69, 9.17) is 32.8 Å². The number of methoxy groups -OCH3 is 2. The molecule has 1 heterocycles. The first kappa shape index (κ1) is 20.0. The van der Waals surface area contributed by atoms with Crippen LogP contribution < -0.4 is 31.4 Å². The van der Waals surface area contributed by atoms with E-state index in [1.807, 2.05) is 0 Å². The molecule has 1 aromatic heterocycles. The van der Waals surface area contributed by atoms with Crippen LogP contribution in [0.4, 0.5) is 4.79 Å². The highest BCUT2D eigenvalue weighted by Gasteiger charge is 2.13. The standard InChI is InChI=1S/C16H20N6O4S/c1-25-9-3-4-10(12(7-9)26-2)11-8-13(23)20-16(27)22(11)6-5-19-15(24)21-14(17)18/h3-4,7-8H,5-6H2,1-2H3,(H,20,23,27)(H5,17,18,19,21,24). The van der Waals surface area contributed by atoms with Gasteiger partial charge in [-0.15, -0.1) is 0 Å². The smallest absolute Gasteiger partial charge is 0.321 e. The molecule has 10 nitrogen and oxygen atoms in total. The van der Waals surface area contributed by atoms with Crippen molar-refractivity contribution in [3.05, 3.63) is 39.4 Å². The number of nitrogens with two attached hydrogens (primary N) is 1. The molecular weight excluding hydrogens is 372 g/mol. The molecule has 0 atom stereocenters. The summed E-state index contributed by atoms with van der Waals surface area (Å²) in [4.78, 5) is 26.0. The average molecular weight is 392 g/mol. The number of H-pyrrole nitrogens is 1. The van der Waals surface area contributed by atoms with Crippen LogP contribution in [0.25, 0.3) is 11.3 Å². The van der Waals surface area contributed by atoms with Crippen LogP contribution in [0.15, 0.2) is 29.1 Å². The van der Waals surface area contributed by atoms with Crippen molar-refractivity contribution < 1.29 is 14.3 Å². The van der Waals surface area contributed by atoms with Gasteiger partial charge in [0.1, 0.15) is 11.5 Å². The number of carbonyl (C=O) groups is 1. The lowest BCUT2D eigenvalue weighted by atomic mass is 10.1. The Morgan fingerprint density at radius 1 is 1.33 bits per heavy atom. The largest absolute Gasteiger partial charge is 0.497 e. The number of amides is 2. The van der Waals surface area contributed by atoms with Gasteiger partial charge in [-0.25, -0.2) is 4.79 Å². The number of hydrogen-bond acceptors (Lipinski definition) is 6. The van der Waals surface area contributed by atoms with Crippen molar-refractivity contribution in [3.8, 4) is 22.8 Å². The second kappa shape index (κ2) is 8.85. The van der Waals surface area contributed by atoms with Crippen LogP contribution in [0.2, 0.25) is 0 Å². The van der Waals surface area contributed by atoms with Crippen LogP contribution in [-0.4, -0.2) is 42.3 Å². The number of hydrogen-bond donors (Lipinski definition) is 5. The molecule has 0 unspecified atom stereocenters. The van der Waals surface area contributed by atoms with Gasteiger partial charge in [-0.2, -0.15) is 0 Å². The van der Waals surface area contributed by atoms with Gasteiger partial charge < -0.3 is 25.1 Å². The molecule has 27 heavy (non-hydrogen) atoms. The first-order chi connectivity index (χ1) is 12.8. The summed E-state index contributed by atoms with van der Waals surface area (Å²) in [5, 5.41) is 11.7. The first-order valence-electron chi connectivity index (χ1n) is 7.81. The highest BCUT2D eigenvalue weighted by atomic mass is 32.1. The molecule has 0 aliphatic heterocycles. The number of aromatic nitrogens is 2. The molecule has 0 bridgehead atoms. The summed E-state index contributed by atoms with van der Waals surface area (Å²) in [6, 6.07) is 5.98. The SMILES string of the molecule is COc1ccc(-c2cc(=O)[nH]c(=S)n2CCNC(=O)NC(=N)N)c(OC)c1. The molecule has 0 saturated carbocycles. The molecule has 2 aromatic rings. The second-order valence-corrected chi connectivity index (χ2v) is 5.72. The topological polar surface area (TPSA) is 147 Å². The first-order valence-corrected chi connectivity index (χ1v) is 8.22. The Labute approximate surface area is 159 Å². The molecule has 0 aliphatic rings. The zero-order chi connectivity index (χ0) is 20.0. The maximum atomic E-state index is 11.9. The third-order valence-corrected chi connectivity index (χ3v) is 3.91. The van der Waals surface area contributed by atoms with E-state index in [9.17, 15) is 9.59 Å². The highest BCUT2D eigenvalue weighted by Crippen LogP contribution is 2.32. The monoisotopic (exact) mass is 392 g/mol. The van der Waals surface area contributed by atoms with Gasteiger partial charge in [0.25, 0.3) is 5.56 Å². The van der Waals surface area contributed by atoms with E-state index in [1.54, 1.807) is 29.9 Å². The molecule has 1 aromatic carbocycles. The number of nitrogens with zero attached hydrogens (tertiary/aromatic N) is 1. The molecule has 0 radical (unpaired) electrons. The maximum Gasteiger partial charge on any atom is 0.321 e. The summed E-state index contributed by atoms with van der Waals surface area (Å²) >= 11 is 5.26. The summed E-state index contributed by atoms with van der Waals surface area (Å²) in [6.07, 6.45) is 0. The fourth-order valence-corrected chi connectivity index (χ4v) is 2.71. The summed E-state index contributed by atoms with van der Waals surface area (Å²) in [5.74, 6) is 0.648. The molecule has 2 rings (SSSR count). The van der Waals surface area contributed by atoms with Crippen molar-refractivity contribution in [3.63, 3.8) is 0 Å². The predicted octanol–water partition coefficient (Wildman–Crippen LogP) is 0.783. The summed E-state index contributed by atoms with van der Waals surface area (Å²) in [7, 11) is 3.05. The summed E-state index contributed by atoms with van der Waals surface area (Å²) in [5.41, 5.74) is 5.91. The molecule has 0 aliphatic carbocycles. The number of guanidine groups is 1. The highest BCUT2D eigenvalue weighted by molar-refractivity contribution is 7.71. The quantitative estimate of drug-likeness (QED) is 0.279. The Kier molecular flexibility index (Phi) is 6.55. The lowest BCUT2D eigenvalue weighted by Crippen LogP contribution is -2.43. The van der Waals surface area contributed by atoms with Gasteiger partial charge in [0.2, 0.25) is 0 Å². The van der Waals surface area contributed by atoms with Crippen molar-refractivity contribution >= 4 is 24.2 Å². The van der Waals surface area contributed by atoms with Crippen molar-refractivity contribution in [2.75, 3.05) is 20.8 Å². The predicted molar refractivity (Wildman–Crippen MR) is 103 cm³/mol. The Morgan fingerprint density at radius 3 is 2.70 bits per heavy atom. The molecule has 11 heteroatoms. The number of aromatic amines is 1. The second-order valence-electron chi connectivity index (χ2n) is 5.34. The van der Waals surface area contributed by atoms with E-state index in [2.05, 4.69) is 15.6 Å². The lowest BCUT2D eigenvalue weighted by Gasteiger charge is -2.17. The molecule has 0 fully saturated rings. The van der Waals surface area contributed by atoms with Crippen LogP contribution in [0.1, 0.15) is 0 Å². The van der Waals surface area contributed by atoms with E-state index in [0.717, 1.165) is 0 Å². The van der Waals surface area contributed by atoms with Gasteiger partial charge in [-0.05, 0) is 24.4 Å².